The molecule has 1 aromatic carbocycles. The molecule has 0 fully saturated rings. The lowest BCUT2D eigenvalue weighted by atomic mass is 10.1. The Morgan fingerprint density at radius 2 is 2.22 bits per heavy atom. The molecule has 0 spiro atoms. The van der Waals surface area contributed by atoms with E-state index in [4.69, 9.17) is 17.3 Å². The fourth-order valence-corrected chi connectivity index (χ4v) is 2.33. The van der Waals surface area contributed by atoms with Gasteiger partial charge >= 0.3 is 0 Å². The number of hydrogen-bond acceptors (Lipinski definition) is 3. The molecule has 2 aromatic rings. The normalized spacial score (nSPS) is 10.6. The van der Waals surface area contributed by atoms with Gasteiger partial charge in [-0.1, -0.05) is 23.7 Å². The van der Waals surface area contributed by atoms with Crippen molar-refractivity contribution in [3.05, 3.63) is 45.2 Å². The highest BCUT2D eigenvalue weighted by Crippen LogP contribution is 2.26. The topological polar surface area (TPSA) is 38.9 Å². The Bertz CT molecular complexity index is 550. The van der Waals surface area contributed by atoms with Crippen LogP contribution in [0.1, 0.15) is 10.6 Å². The van der Waals surface area contributed by atoms with Gasteiger partial charge in [-0.2, -0.15) is 0 Å². The molecule has 0 radical (unpaired) electrons. The summed E-state index contributed by atoms with van der Waals surface area (Å²) in [4.78, 5) is 4.52. The molecule has 1 aromatic heterocycles. The molecular weight excluding hydrogens is 287 g/mol. The maximum absolute atomic E-state index is 6.00. The van der Waals surface area contributed by atoms with E-state index in [1.54, 1.807) is 11.3 Å². The highest BCUT2D eigenvalue weighted by Gasteiger charge is 2.04. The van der Waals surface area contributed by atoms with Crippen molar-refractivity contribution < 1.29 is 0 Å². The highest BCUT2D eigenvalue weighted by atomic mass is 35.5. The number of nitrogens with two attached hydrogens (primary N) is 1. The number of rotatable bonds is 3. The molecule has 0 saturated heterocycles. The largest absolute Gasteiger partial charge is 0.327 e. The molecule has 96 valence electrons. The summed E-state index contributed by atoms with van der Waals surface area (Å²) in [6.45, 7) is 2.53. The maximum atomic E-state index is 6.00. The van der Waals surface area contributed by atoms with E-state index < -0.39 is 0 Å². The smallest absolute Gasteiger partial charge is 0.116 e. The number of thiazole rings is 1. The molecule has 0 amide bonds. The summed E-state index contributed by atoms with van der Waals surface area (Å²) in [5.41, 5.74) is 8.54. The van der Waals surface area contributed by atoms with Gasteiger partial charge in [0.1, 0.15) is 5.01 Å². The van der Waals surface area contributed by atoms with Gasteiger partial charge in [0, 0.05) is 22.5 Å². The standard InChI is InChI=1S/C13H13ClN2S.ClH/c1-9-7-10(4-5-11(9)14)12-8-17-13(16-12)3-2-6-15;/h2-5,7-8H,6,15H2,1H3;1H. The van der Waals surface area contributed by atoms with Crippen LogP contribution in [-0.4, -0.2) is 11.5 Å². The van der Waals surface area contributed by atoms with Crippen molar-refractivity contribution in [2.24, 2.45) is 5.73 Å². The van der Waals surface area contributed by atoms with Crippen molar-refractivity contribution in [1.82, 2.24) is 4.98 Å². The summed E-state index contributed by atoms with van der Waals surface area (Å²) in [7, 11) is 0. The van der Waals surface area contributed by atoms with Crippen molar-refractivity contribution in [2.45, 2.75) is 6.92 Å². The fraction of sp³-hybridized carbons (Fsp3) is 0.154. The molecule has 0 aliphatic heterocycles. The van der Waals surface area contributed by atoms with Crippen LogP contribution in [0.2, 0.25) is 5.02 Å². The molecule has 2 N–H and O–H groups in total. The zero-order valence-corrected chi connectivity index (χ0v) is 12.3. The number of hydrogen-bond donors (Lipinski definition) is 1. The second-order valence-corrected chi connectivity index (χ2v) is 4.97. The molecule has 2 rings (SSSR count). The van der Waals surface area contributed by atoms with E-state index >= 15 is 0 Å². The van der Waals surface area contributed by atoms with E-state index in [2.05, 4.69) is 4.98 Å². The van der Waals surface area contributed by atoms with Gasteiger partial charge in [-0.3, -0.25) is 0 Å². The maximum Gasteiger partial charge on any atom is 0.116 e. The number of aromatic nitrogens is 1. The van der Waals surface area contributed by atoms with Gasteiger partial charge in [0.05, 0.1) is 5.69 Å². The molecule has 1 heterocycles. The SMILES string of the molecule is Cc1cc(-c2csc(C=CCN)n2)ccc1Cl.Cl. The van der Waals surface area contributed by atoms with Gasteiger partial charge < -0.3 is 5.73 Å². The summed E-state index contributed by atoms with van der Waals surface area (Å²) in [5.74, 6) is 0. The fourth-order valence-electron chi connectivity index (χ4n) is 1.47. The molecule has 0 aliphatic carbocycles. The quantitative estimate of drug-likeness (QED) is 0.924. The van der Waals surface area contributed by atoms with Gasteiger partial charge in [-0.25, -0.2) is 4.98 Å². The first-order valence-corrected chi connectivity index (χ1v) is 6.55. The minimum absolute atomic E-state index is 0. The van der Waals surface area contributed by atoms with Crippen LogP contribution in [0.25, 0.3) is 17.3 Å². The van der Waals surface area contributed by atoms with Crippen LogP contribution >= 0.6 is 35.3 Å². The van der Waals surface area contributed by atoms with Crippen molar-refractivity contribution in [3.8, 4) is 11.3 Å². The lowest BCUT2D eigenvalue weighted by Gasteiger charge is -2.00. The summed E-state index contributed by atoms with van der Waals surface area (Å²) in [5, 5.41) is 3.80. The average Bonchev–Trinajstić information content (AvgIpc) is 2.79. The van der Waals surface area contributed by atoms with Crippen LogP contribution < -0.4 is 5.73 Å². The molecule has 5 heteroatoms. The van der Waals surface area contributed by atoms with Crippen LogP contribution in [0.15, 0.2) is 29.7 Å². The lowest BCUT2D eigenvalue weighted by molar-refractivity contribution is 1.26. The van der Waals surface area contributed by atoms with E-state index in [9.17, 15) is 0 Å². The first-order valence-electron chi connectivity index (χ1n) is 5.29. The zero-order chi connectivity index (χ0) is 12.3. The van der Waals surface area contributed by atoms with Crippen molar-refractivity contribution >= 4 is 41.4 Å². The number of nitrogens with zero attached hydrogens (tertiary/aromatic N) is 1. The molecule has 2 nitrogen and oxygen atoms in total. The number of benzene rings is 1. The first kappa shape index (κ1) is 15.2. The third-order valence-electron chi connectivity index (χ3n) is 2.37. The summed E-state index contributed by atoms with van der Waals surface area (Å²) < 4.78 is 0. The molecule has 0 atom stereocenters. The van der Waals surface area contributed by atoms with Gasteiger partial charge in [-0.05, 0) is 30.7 Å². The van der Waals surface area contributed by atoms with E-state index in [-0.39, 0.29) is 12.4 Å². The van der Waals surface area contributed by atoms with Crippen molar-refractivity contribution in [1.29, 1.82) is 0 Å². The molecule has 18 heavy (non-hydrogen) atoms. The van der Waals surface area contributed by atoms with E-state index in [0.717, 1.165) is 26.9 Å². The predicted octanol–water partition coefficient (Wildman–Crippen LogP) is 4.17. The Hall–Kier alpha value is -0.870. The van der Waals surface area contributed by atoms with Crippen LogP contribution in [0.5, 0.6) is 0 Å². The molecule has 0 bridgehead atoms. The Morgan fingerprint density at radius 3 is 2.89 bits per heavy atom. The van der Waals surface area contributed by atoms with Crippen molar-refractivity contribution in [3.63, 3.8) is 0 Å². The summed E-state index contributed by atoms with van der Waals surface area (Å²) >= 11 is 7.61. The predicted molar refractivity (Wildman–Crippen MR) is 82.6 cm³/mol. The minimum atomic E-state index is 0. The van der Waals surface area contributed by atoms with Crippen LogP contribution in [-0.2, 0) is 0 Å². The zero-order valence-electron chi connectivity index (χ0n) is 9.89. The summed E-state index contributed by atoms with van der Waals surface area (Å²) in [6.07, 6.45) is 3.84. The third-order valence-corrected chi connectivity index (χ3v) is 3.61. The molecular formula is C13H14Cl2N2S. The van der Waals surface area contributed by atoms with Gasteiger partial charge in [0.15, 0.2) is 0 Å². The van der Waals surface area contributed by atoms with Crippen molar-refractivity contribution in [2.75, 3.05) is 6.54 Å². The Kier molecular flexibility index (Phi) is 5.82. The lowest BCUT2D eigenvalue weighted by Crippen LogP contribution is -1.91. The van der Waals surface area contributed by atoms with Gasteiger partial charge in [-0.15, -0.1) is 23.7 Å². The minimum Gasteiger partial charge on any atom is -0.327 e. The first-order chi connectivity index (χ1) is 8.20. The Labute approximate surface area is 122 Å². The van der Waals surface area contributed by atoms with Crippen LogP contribution in [0.3, 0.4) is 0 Å². The highest BCUT2D eigenvalue weighted by molar-refractivity contribution is 7.10. The summed E-state index contributed by atoms with van der Waals surface area (Å²) in [6, 6.07) is 5.94. The number of halogens is 2. The second-order valence-electron chi connectivity index (χ2n) is 3.67. The Morgan fingerprint density at radius 1 is 1.44 bits per heavy atom. The molecule has 0 saturated carbocycles. The second kappa shape index (κ2) is 6.90. The van der Waals surface area contributed by atoms with Crippen LogP contribution in [0.4, 0.5) is 0 Å². The van der Waals surface area contributed by atoms with Gasteiger partial charge in [0.2, 0.25) is 0 Å². The average molecular weight is 301 g/mol. The van der Waals surface area contributed by atoms with Gasteiger partial charge in [0.25, 0.3) is 0 Å². The number of aryl methyl sites for hydroxylation is 1. The molecule has 0 unspecified atom stereocenters. The van der Waals surface area contributed by atoms with E-state index in [1.165, 1.54) is 0 Å². The van der Waals surface area contributed by atoms with E-state index in [0.29, 0.717) is 6.54 Å². The van der Waals surface area contributed by atoms with E-state index in [1.807, 2.05) is 42.7 Å². The molecule has 0 aliphatic rings. The Balaban J connectivity index is 0.00000162. The monoisotopic (exact) mass is 300 g/mol. The van der Waals surface area contributed by atoms with Crippen LogP contribution in [0, 0.1) is 6.92 Å². The third kappa shape index (κ3) is 3.56.